The van der Waals surface area contributed by atoms with Gasteiger partial charge in [-0.25, -0.2) is 0 Å². The van der Waals surface area contributed by atoms with Gasteiger partial charge in [0.1, 0.15) is 17.5 Å². The van der Waals surface area contributed by atoms with Crippen molar-refractivity contribution in [2.75, 3.05) is 19.6 Å². The Hall–Kier alpha value is -3.73. The lowest BCUT2D eigenvalue weighted by molar-refractivity contribution is -0.274. The van der Waals surface area contributed by atoms with Crippen molar-refractivity contribution in [2.24, 2.45) is 11.8 Å². The Morgan fingerprint density at radius 1 is 1.17 bits per heavy atom. The maximum absolute atomic E-state index is 14.1. The van der Waals surface area contributed by atoms with Crippen molar-refractivity contribution >= 4 is 18.0 Å². The number of amides is 1. The smallest absolute Gasteiger partial charge is 0.504 e. The molecule has 2 aliphatic heterocycles. The number of ether oxygens (including phenoxy) is 3. The van der Waals surface area contributed by atoms with Gasteiger partial charge >= 0.3 is 12.3 Å². The molecule has 2 unspecified atom stereocenters. The number of aromatic hydroxyl groups is 1. The number of phenols is 1. The minimum absolute atomic E-state index is 0.0319. The fraction of sp³-hybridized carbons (Fsp3) is 0.556. The summed E-state index contributed by atoms with van der Waals surface area (Å²) >= 11 is 0. The molecule has 5 aliphatic rings. The van der Waals surface area contributed by atoms with Crippen molar-refractivity contribution in [2.45, 2.75) is 94.9 Å². The highest BCUT2D eigenvalue weighted by Crippen LogP contribution is 2.67. The Balaban J connectivity index is 1.27. The molecular formula is C36H41F3N2O6. The van der Waals surface area contributed by atoms with Crippen LogP contribution in [0.25, 0.3) is 6.08 Å². The summed E-state index contributed by atoms with van der Waals surface area (Å²) < 4.78 is 55.8. The zero-order valence-corrected chi connectivity index (χ0v) is 26.9. The fourth-order valence-corrected chi connectivity index (χ4v) is 9.07. The zero-order chi connectivity index (χ0) is 33.3. The molecule has 2 heterocycles. The number of esters is 1. The van der Waals surface area contributed by atoms with Crippen molar-refractivity contribution in [3.8, 4) is 17.2 Å². The number of halogens is 3. The van der Waals surface area contributed by atoms with Gasteiger partial charge in [0.05, 0.1) is 17.5 Å². The molecule has 1 amide bonds. The minimum Gasteiger partial charge on any atom is -0.504 e. The van der Waals surface area contributed by atoms with Crippen LogP contribution in [0.2, 0.25) is 0 Å². The van der Waals surface area contributed by atoms with Gasteiger partial charge < -0.3 is 24.2 Å². The molecule has 2 bridgehead atoms. The summed E-state index contributed by atoms with van der Waals surface area (Å²) in [5.74, 6) is 0.168. The van der Waals surface area contributed by atoms with E-state index in [1.54, 1.807) is 17.0 Å². The van der Waals surface area contributed by atoms with Crippen LogP contribution in [0, 0.1) is 11.8 Å². The average molecular weight is 655 g/mol. The minimum atomic E-state index is -4.83. The highest BCUT2D eigenvalue weighted by atomic mass is 19.4. The first kappa shape index (κ1) is 31.8. The molecule has 11 heteroatoms. The Morgan fingerprint density at radius 2 is 1.96 bits per heavy atom. The molecule has 252 valence electrons. The molecule has 47 heavy (non-hydrogen) atoms. The van der Waals surface area contributed by atoms with E-state index < -0.39 is 29.5 Å². The summed E-state index contributed by atoms with van der Waals surface area (Å²) in [4.78, 5) is 31.4. The first-order chi connectivity index (χ1) is 22.3. The highest BCUT2D eigenvalue weighted by Gasteiger charge is 2.75. The standard InChI is InChI=1S/C36H41F3N2O6/c1-21(2)19-41(30(44)12-9-23-5-4-6-26(17-23)47-36(37,38)39)27-13-14-35(46-22(3)42)29-18-25-10-11-28(43)32-31(25)34(35,33(27)45-32)15-16-40(29)20-24-7-8-24/h4-6,9-12,17,21,24,27,29,33,43H,7-8,13-16,18-20H2,1-3H3/b12-9+/t27?,29-,33?,34+,35-/m1/s1. The van der Waals surface area contributed by atoms with Gasteiger partial charge in [-0.15, -0.1) is 13.2 Å². The molecule has 0 radical (unpaired) electrons. The topological polar surface area (TPSA) is 88.5 Å². The average Bonchev–Trinajstić information content (AvgIpc) is 3.73. The highest BCUT2D eigenvalue weighted by molar-refractivity contribution is 5.92. The zero-order valence-electron chi connectivity index (χ0n) is 26.9. The summed E-state index contributed by atoms with van der Waals surface area (Å²) in [6, 6.07) is 8.65. The molecule has 8 nitrogen and oxygen atoms in total. The molecule has 1 saturated heterocycles. The van der Waals surface area contributed by atoms with Crippen LogP contribution in [0.4, 0.5) is 13.2 Å². The van der Waals surface area contributed by atoms with Gasteiger partial charge in [-0.1, -0.05) is 32.0 Å². The van der Waals surface area contributed by atoms with Crippen LogP contribution in [0.5, 0.6) is 17.2 Å². The van der Waals surface area contributed by atoms with Gasteiger partial charge in [-0.2, -0.15) is 0 Å². The second-order valence-electron chi connectivity index (χ2n) is 14.3. The summed E-state index contributed by atoms with van der Waals surface area (Å²) in [7, 11) is 0. The van der Waals surface area contributed by atoms with E-state index in [4.69, 9.17) is 9.47 Å². The third kappa shape index (κ3) is 5.44. The molecule has 2 aromatic carbocycles. The number of carbonyl (C=O) groups excluding carboxylic acids is 2. The van der Waals surface area contributed by atoms with Crippen LogP contribution in [0.1, 0.15) is 69.6 Å². The number of benzene rings is 2. The second-order valence-corrected chi connectivity index (χ2v) is 14.3. The molecule has 2 saturated carbocycles. The number of rotatable bonds is 9. The number of likely N-dealkylation sites (tertiary alicyclic amines) is 1. The molecule has 1 N–H and O–H groups in total. The van der Waals surface area contributed by atoms with E-state index in [0.717, 1.165) is 24.2 Å². The summed E-state index contributed by atoms with van der Waals surface area (Å²) in [5.41, 5.74) is 0.719. The van der Waals surface area contributed by atoms with Gasteiger partial charge in [-0.05, 0) is 92.3 Å². The van der Waals surface area contributed by atoms with Gasteiger partial charge in [0, 0.05) is 31.7 Å². The fourth-order valence-electron chi connectivity index (χ4n) is 9.07. The number of nitrogens with zero attached hydrogens (tertiary/aromatic N) is 2. The van der Waals surface area contributed by atoms with Gasteiger partial charge in [0.15, 0.2) is 11.5 Å². The monoisotopic (exact) mass is 654 g/mol. The number of piperidine rings is 1. The third-order valence-corrected chi connectivity index (χ3v) is 10.8. The third-order valence-electron chi connectivity index (χ3n) is 10.8. The summed E-state index contributed by atoms with van der Waals surface area (Å²) in [5, 5.41) is 11.1. The van der Waals surface area contributed by atoms with E-state index in [2.05, 4.69) is 9.64 Å². The Labute approximate surface area is 272 Å². The van der Waals surface area contributed by atoms with E-state index in [0.29, 0.717) is 49.5 Å². The van der Waals surface area contributed by atoms with Crippen LogP contribution in [-0.4, -0.2) is 76.6 Å². The number of phenolic OH excluding ortho intramolecular Hbond substituents is 1. The number of carbonyl (C=O) groups is 2. The van der Waals surface area contributed by atoms with Crippen LogP contribution in [-0.2, 0) is 26.2 Å². The predicted molar refractivity (Wildman–Crippen MR) is 167 cm³/mol. The van der Waals surface area contributed by atoms with Gasteiger partial charge in [0.2, 0.25) is 5.91 Å². The lowest BCUT2D eigenvalue weighted by Crippen LogP contribution is -2.79. The number of alkyl halides is 3. The lowest BCUT2D eigenvalue weighted by Gasteiger charge is -2.65. The molecule has 2 aromatic rings. The van der Waals surface area contributed by atoms with Crippen LogP contribution in [0.15, 0.2) is 42.5 Å². The quantitative estimate of drug-likeness (QED) is 0.263. The van der Waals surface area contributed by atoms with E-state index in [9.17, 15) is 27.9 Å². The summed E-state index contributed by atoms with van der Waals surface area (Å²) in [6.07, 6.45) is 2.25. The molecular weight excluding hydrogens is 613 g/mol. The van der Waals surface area contributed by atoms with E-state index in [-0.39, 0.29) is 35.3 Å². The predicted octanol–water partition coefficient (Wildman–Crippen LogP) is 5.99. The normalized spacial score (nSPS) is 29.4. The maximum Gasteiger partial charge on any atom is 0.573 e. The molecule has 7 rings (SSSR count). The van der Waals surface area contributed by atoms with Crippen LogP contribution in [0.3, 0.4) is 0 Å². The van der Waals surface area contributed by atoms with Crippen molar-refractivity contribution in [3.63, 3.8) is 0 Å². The Bertz CT molecular complexity index is 1610. The SMILES string of the molecule is CC(=O)O[C@@]12CCC(N(CC(C)C)C(=O)/C=C/c3cccc(OC(F)(F)F)c3)C3Oc4c(O)ccc5c4[C@@]31CCN(CC1CC1)[C@@H]2C5. The van der Waals surface area contributed by atoms with Crippen molar-refractivity contribution in [1.82, 2.24) is 9.80 Å². The van der Waals surface area contributed by atoms with Crippen molar-refractivity contribution in [3.05, 3.63) is 59.2 Å². The first-order valence-corrected chi connectivity index (χ1v) is 16.6. The Morgan fingerprint density at radius 3 is 2.66 bits per heavy atom. The van der Waals surface area contributed by atoms with E-state index >= 15 is 0 Å². The maximum atomic E-state index is 14.1. The number of hydrogen-bond donors (Lipinski definition) is 1. The molecule has 1 spiro atoms. The van der Waals surface area contributed by atoms with Crippen LogP contribution < -0.4 is 9.47 Å². The molecule has 3 fully saturated rings. The van der Waals surface area contributed by atoms with E-state index in [1.807, 2.05) is 19.9 Å². The van der Waals surface area contributed by atoms with Crippen LogP contribution >= 0.6 is 0 Å². The lowest BCUT2D eigenvalue weighted by atomic mass is 9.48. The molecule has 5 atom stereocenters. The van der Waals surface area contributed by atoms with Crippen molar-refractivity contribution in [1.29, 1.82) is 0 Å². The van der Waals surface area contributed by atoms with Gasteiger partial charge in [0.25, 0.3) is 0 Å². The molecule has 0 aromatic heterocycles. The summed E-state index contributed by atoms with van der Waals surface area (Å²) in [6.45, 7) is 7.65. The number of hydrogen-bond acceptors (Lipinski definition) is 7. The Kier molecular flexibility index (Phi) is 7.76. The molecule has 3 aliphatic carbocycles. The first-order valence-electron chi connectivity index (χ1n) is 16.6. The van der Waals surface area contributed by atoms with Gasteiger partial charge in [-0.3, -0.25) is 14.5 Å². The second kappa shape index (κ2) is 11.5. The van der Waals surface area contributed by atoms with Crippen molar-refractivity contribution < 1.29 is 42.1 Å². The largest absolute Gasteiger partial charge is 0.573 e. The van der Waals surface area contributed by atoms with E-state index in [1.165, 1.54) is 50.1 Å².